The summed E-state index contributed by atoms with van der Waals surface area (Å²) >= 11 is 3.55. The SMILES string of the molecule is N#CC1(NC(=O)CN2CCc3sccc3[C@@H]2c2cccs2)CCCC1. The van der Waals surface area contributed by atoms with E-state index >= 15 is 0 Å². The van der Waals surface area contributed by atoms with E-state index in [4.69, 9.17) is 0 Å². The van der Waals surface area contributed by atoms with Gasteiger partial charge in [0, 0.05) is 16.3 Å². The van der Waals surface area contributed by atoms with Crippen LogP contribution in [-0.4, -0.2) is 29.4 Å². The molecule has 1 aliphatic heterocycles. The minimum atomic E-state index is -0.640. The first-order chi connectivity index (χ1) is 12.2. The summed E-state index contributed by atoms with van der Waals surface area (Å²) in [5.74, 6) is -0.0244. The third-order valence-corrected chi connectivity index (χ3v) is 7.20. The normalized spacial score (nSPS) is 22.3. The largest absolute Gasteiger partial charge is 0.337 e. The second-order valence-electron chi connectivity index (χ2n) is 6.89. The Kier molecular flexibility index (Phi) is 4.63. The van der Waals surface area contributed by atoms with Crippen molar-refractivity contribution < 1.29 is 4.79 Å². The summed E-state index contributed by atoms with van der Waals surface area (Å²) in [6.07, 6.45) is 4.59. The number of nitrogens with zero attached hydrogens (tertiary/aromatic N) is 2. The highest BCUT2D eigenvalue weighted by atomic mass is 32.1. The number of amides is 1. The molecule has 4 rings (SSSR count). The Labute approximate surface area is 156 Å². The van der Waals surface area contributed by atoms with Gasteiger partial charge in [0.15, 0.2) is 0 Å². The van der Waals surface area contributed by atoms with Crippen LogP contribution in [0.4, 0.5) is 0 Å². The summed E-state index contributed by atoms with van der Waals surface area (Å²) in [6, 6.07) is 8.93. The van der Waals surface area contributed by atoms with E-state index < -0.39 is 5.54 Å². The number of hydrogen-bond acceptors (Lipinski definition) is 5. The van der Waals surface area contributed by atoms with Crippen molar-refractivity contribution in [3.8, 4) is 6.07 Å². The molecule has 1 atom stereocenters. The minimum absolute atomic E-state index is 0.0244. The molecule has 2 aromatic heterocycles. The maximum atomic E-state index is 12.7. The summed E-state index contributed by atoms with van der Waals surface area (Å²) < 4.78 is 0. The number of carbonyl (C=O) groups is 1. The minimum Gasteiger partial charge on any atom is -0.337 e. The molecule has 4 nitrogen and oxygen atoms in total. The van der Waals surface area contributed by atoms with E-state index in [0.717, 1.165) is 38.6 Å². The predicted octanol–water partition coefficient (Wildman–Crippen LogP) is 3.71. The van der Waals surface area contributed by atoms with Gasteiger partial charge in [-0.1, -0.05) is 6.07 Å². The lowest BCUT2D eigenvalue weighted by atomic mass is 9.97. The molecule has 0 bridgehead atoms. The molecule has 1 aliphatic carbocycles. The second kappa shape index (κ2) is 6.91. The number of nitrogens with one attached hydrogen (secondary N) is 1. The molecule has 6 heteroatoms. The first-order valence-electron chi connectivity index (χ1n) is 8.77. The van der Waals surface area contributed by atoms with Crippen LogP contribution in [0.15, 0.2) is 29.0 Å². The highest BCUT2D eigenvalue weighted by Gasteiger charge is 2.37. The van der Waals surface area contributed by atoms with E-state index in [2.05, 4.69) is 45.2 Å². The molecule has 130 valence electrons. The van der Waals surface area contributed by atoms with E-state index in [0.29, 0.717) is 6.54 Å². The van der Waals surface area contributed by atoms with Crippen LogP contribution < -0.4 is 5.32 Å². The zero-order valence-corrected chi connectivity index (χ0v) is 15.7. The van der Waals surface area contributed by atoms with E-state index in [1.165, 1.54) is 15.3 Å². The van der Waals surface area contributed by atoms with Crippen molar-refractivity contribution in [1.82, 2.24) is 10.2 Å². The lowest BCUT2D eigenvalue weighted by molar-refractivity contribution is -0.124. The summed E-state index contributed by atoms with van der Waals surface area (Å²) in [5.41, 5.74) is 0.695. The molecule has 0 radical (unpaired) electrons. The van der Waals surface area contributed by atoms with Crippen molar-refractivity contribution in [3.05, 3.63) is 44.3 Å². The van der Waals surface area contributed by atoms with Gasteiger partial charge in [-0.3, -0.25) is 9.69 Å². The van der Waals surface area contributed by atoms with Gasteiger partial charge >= 0.3 is 0 Å². The van der Waals surface area contributed by atoms with Crippen LogP contribution in [0.25, 0.3) is 0 Å². The van der Waals surface area contributed by atoms with Crippen molar-refractivity contribution >= 4 is 28.6 Å². The molecule has 1 fully saturated rings. The van der Waals surface area contributed by atoms with Gasteiger partial charge in [0.2, 0.25) is 5.91 Å². The van der Waals surface area contributed by atoms with Crippen molar-refractivity contribution in [1.29, 1.82) is 5.26 Å². The molecule has 0 saturated heterocycles. The van der Waals surface area contributed by atoms with Crippen molar-refractivity contribution in [2.24, 2.45) is 0 Å². The molecular weight excluding hydrogens is 350 g/mol. The molecule has 0 unspecified atom stereocenters. The Balaban J connectivity index is 1.53. The average molecular weight is 372 g/mol. The van der Waals surface area contributed by atoms with Crippen LogP contribution in [0.1, 0.15) is 47.0 Å². The highest BCUT2D eigenvalue weighted by Crippen LogP contribution is 2.39. The van der Waals surface area contributed by atoms with Crippen LogP contribution in [0.3, 0.4) is 0 Å². The lowest BCUT2D eigenvalue weighted by Crippen LogP contribution is -2.50. The van der Waals surface area contributed by atoms with Gasteiger partial charge in [-0.05, 0) is 60.6 Å². The maximum absolute atomic E-state index is 12.7. The second-order valence-corrected chi connectivity index (χ2v) is 8.87. The van der Waals surface area contributed by atoms with Crippen LogP contribution in [0.5, 0.6) is 0 Å². The molecule has 2 aromatic rings. The Morgan fingerprint density at radius 3 is 2.88 bits per heavy atom. The topological polar surface area (TPSA) is 56.1 Å². The van der Waals surface area contributed by atoms with Crippen LogP contribution in [0, 0.1) is 11.3 Å². The van der Waals surface area contributed by atoms with Crippen LogP contribution in [0.2, 0.25) is 0 Å². The van der Waals surface area contributed by atoms with Gasteiger partial charge in [0.05, 0.1) is 18.7 Å². The Morgan fingerprint density at radius 1 is 1.32 bits per heavy atom. The fourth-order valence-electron chi connectivity index (χ4n) is 4.05. The standard InChI is InChI=1S/C19H21N3OS2/c20-13-19(7-1-2-8-19)21-17(23)12-22-9-5-15-14(6-11-25-15)18(22)16-4-3-10-24-16/h3-4,6,10-11,18H,1-2,5,7-9,12H2,(H,21,23)/t18-/m1/s1. The average Bonchev–Trinajstić information content (AvgIpc) is 3.36. The first kappa shape index (κ1) is 16.8. The van der Waals surface area contributed by atoms with Crippen molar-refractivity contribution in [3.63, 3.8) is 0 Å². The fraction of sp³-hybridized carbons (Fsp3) is 0.474. The zero-order chi connectivity index (χ0) is 17.3. The lowest BCUT2D eigenvalue weighted by Gasteiger charge is -2.35. The highest BCUT2D eigenvalue weighted by molar-refractivity contribution is 7.10. The van der Waals surface area contributed by atoms with Crippen molar-refractivity contribution in [2.45, 2.75) is 43.7 Å². The number of thiophene rings is 2. The Morgan fingerprint density at radius 2 is 2.16 bits per heavy atom. The van der Waals surface area contributed by atoms with E-state index in [1.54, 1.807) is 11.3 Å². The molecule has 2 aliphatic rings. The molecule has 25 heavy (non-hydrogen) atoms. The Bertz CT molecular complexity index is 784. The number of hydrogen-bond donors (Lipinski definition) is 1. The summed E-state index contributed by atoms with van der Waals surface area (Å²) in [4.78, 5) is 17.7. The number of carbonyl (C=O) groups excluding carboxylic acids is 1. The van der Waals surface area contributed by atoms with Gasteiger partial charge in [-0.25, -0.2) is 0 Å². The van der Waals surface area contributed by atoms with E-state index in [9.17, 15) is 10.1 Å². The molecular formula is C19H21N3OS2. The summed E-state index contributed by atoms with van der Waals surface area (Å²) in [6.45, 7) is 1.23. The third-order valence-electron chi connectivity index (χ3n) is 5.27. The molecule has 0 aromatic carbocycles. The third kappa shape index (κ3) is 3.24. The number of nitriles is 1. The first-order valence-corrected chi connectivity index (χ1v) is 10.5. The van der Waals surface area contributed by atoms with Crippen LogP contribution >= 0.6 is 22.7 Å². The number of fused-ring (bicyclic) bond motifs is 1. The van der Waals surface area contributed by atoms with Crippen molar-refractivity contribution in [2.75, 3.05) is 13.1 Å². The van der Waals surface area contributed by atoms with Gasteiger partial charge in [-0.2, -0.15) is 5.26 Å². The summed E-state index contributed by atoms with van der Waals surface area (Å²) in [7, 11) is 0. The van der Waals surface area contributed by atoms with Crippen LogP contribution in [-0.2, 0) is 11.2 Å². The summed E-state index contributed by atoms with van der Waals surface area (Å²) in [5, 5.41) is 16.8. The zero-order valence-electron chi connectivity index (χ0n) is 14.0. The predicted molar refractivity (Wildman–Crippen MR) is 101 cm³/mol. The van der Waals surface area contributed by atoms with Gasteiger partial charge in [0.1, 0.15) is 5.54 Å². The Hall–Kier alpha value is -1.68. The van der Waals surface area contributed by atoms with Gasteiger partial charge in [0.25, 0.3) is 0 Å². The van der Waals surface area contributed by atoms with E-state index in [1.807, 2.05) is 11.3 Å². The molecule has 3 heterocycles. The van der Waals surface area contributed by atoms with E-state index in [-0.39, 0.29) is 11.9 Å². The monoisotopic (exact) mass is 371 g/mol. The van der Waals surface area contributed by atoms with Gasteiger partial charge in [-0.15, -0.1) is 22.7 Å². The quantitative estimate of drug-likeness (QED) is 0.891. The fourth-order valence-corrected chi connectivity index (χ4v) is 5.83. The van der Waals surface area contributed by atoms with Gasteiger partial charge < -0.3 is 5.32 Å². The smallest absolute Gasteiger partial charge is 0.235 e. The molecule has 1 N–H and O–H groups in total. The maximum Gasteiger partial charge on any atom is 0.235 e. The molecule has 1 saturated carbocycles. The molecule has 1 amide bonds. The molecule has 0 spiro atoms. The number of rotatable bonds is 4.